The second kappa shape index (κ2) is 8.84. The number of pyridine rings is 1. The minimum atomic E-state index is -0.261. The fourth-order valence-corrected chi connectivity index (χ4v) is 3.17. The molecule has 1 aromatic rings. The first kappa shape index (κ1) is 18.4. The van der Waals surface area contributed by atoms with Crippen LogP contribution in [0.25, 0.3) is 0 Å². The van der Waals surface area contributed by atoms with Crippen molar-refractivity contribution in [3.63, 3.8) is 0 Å². The SMILES string of the molecule is CCOC(=O)N1CCN(c2ccc(C(=O)NCC3CCCO3)nc2)CC1. The quantitative estimate of drug-likeness (QED) is 0.849. The van der Waals surface area contributed by atoms with Gasteiger partial charge in [-0.3, -0.25) is 4.79 Å². The van der Waals surface area contributed by atoms with Crippen LogP contribution in [0.3, 0.4) is 0 Å². The van der Waals surface area contributed by atoms with E-state index in [1.165, 1.54) is 0 Å². The van der Waals surface area contributed by atoms with Gasteiger partial charge in [-0.25, -0.2) is 9.78 Å². The van der Waals surface area contributed by atoms with Gasteiger partial charge in [-0.1, -0.05) is 0 Å². The van der Waals surface area contributed by atoms with E-state index < -0.39 is 0 Å². The predicted molar refractivity (Wildman–Crippen MR) is 96.4 cm³/mol. The van der Waals surface area contributed by atoms with Crippen molar-refractivity contribution in [3.8, 4) is 0 Å². The van der Waals surface area contributed by atoms with Crippen LogP contribution >= 0.6 is 0 Å². The highest BCUT2D eigenvalue weighted by Gasteiger charge is 2.22. The largest absolute Gasteiger partial charge is 0.450 e. The first-order chi connectivity index (χ1) is 12.7. The molecule has 1 aromatic heterocycles. The van der Waals surface area contributed by atoms with Crippen molar-refractivity contribution in [2.24, 2.45) is 0 Å². The number of piperazine rings is 1. The Morgan fingerprint density at radius 1 is 1.31 bits per heavy atom. The third-order valence-electron chi connectivity index (χ3n) is 4.67. The van der Waals surface area contributed by atoms with Gasteiger partial charge in [0.15, 0.2) is 0 Å². The van der Waals surface area contributed by atoms with Gasteiger partial charge < -0.3 is 24.6 Å². The van der Waals surface area contributed by atoms with Gasteiger partial charge in [0, 0.05) is 39.3 Å². The topological polar surface area (TPSA) is 84.0 Å². The molecule has 0 saturated carbocycles. The van der Waals surface area contributed by atoms with E-state index in [9.17, 15) is 9.59 Å². The molecule has 8 nitrogen and oxygen atoms in total. The molecule has 3 heterocycles. The summed E-state index contributed by atoms with van der Waals surface area (Å²) in [5, 5.41) is 2.87. The molecule has 2 aliphatic heterocycles. The van der Waals surface area contributed by atoms with E-state index in [-0.39, 0.29) is 18.1 Å². The summed E-state index contributed by atoms with van der Waals surface area (Å²) in [7, 11) is 0. The summed E-state index contributed by atoms with van der Waals surface area (Å²) in [5.41, 5.74) is 1.35. The molecule has 0 spiro atoms. The van der Waals surface area contributed by atoms with Crippen LogP contribution in [0.1, 0.15) is 30.3 Å². The Labute approximate surface area is 153 Å². The summed E-state index contributed by atoms with van der Waals surface area (Å²) in [6, 6.07) is 3.63. The third kappa shape index (κ3) is 4.63. The van der Waals surface area contributed by atoms with Crippen LogP contribution in [0.4, 0.5) is 10.5 Å². The second-order valence-electron chi connectivity index (χ2n) is 6.42. The van der Waals surface area contributed by atoms with Crippen molar-refractivity contribution in [2.45, 2.75) is 25.9 Å². The molecule has 0 aliphatic carbocycles. The highest BCUT2D eigenvalue weighted by molar-refractivity contribution is 5.92. The first-order valence-electron chi connectivity index (χ1n) is 9.20. The Hall–Kier alpha value is -2.35. The van der Waals surface area contributed by atoms with Crippen LogP contribution < -0.4 is 10.2 Å². The molecule has 2 saturated heterocycles. The number of amides is 2. The number of rotatable bonds is 5. The zero-order chi connectivity index (χ0) is 18.4. The molecule has 2 fully saturated rings. The molecule has 142 valence electrons. The summed E-state index contributed by atoms with van der Waals surface area (Å²) >= 11 is 0. The molecule has 1 unspecified atom stereocenters. The smallest absolute Gasteiger partial charge is 0.409 e. The lowest BCUT2D eigenvalue weighted by molar-refractivity contribution is 0.0853. The number of nitrogens with zero attached hydrogens (tertiary/aromatic N) is 3. The van der Waals surface area contributed by atoms with Crippen LogP contribution in [-0.4, -0.2) is 73.9 Å². The van der Waals surface area contributed by atoms with Crippen molar-refractivity contribution in [1.82, 2.24) is 15.2 Å². The van der Waals surface area contributed by atoms with E-state index >= 15 is 0 Å². The van der Waals surface area contributed by atoms with E-state index in [1.807, 2.05) is 6.07 Å². The highest BCUT2D eigenvalue weighted by atomic mass is 16.6. The number of ether oxygens (including phenoxy) is 2. The number of aromatic nitrogens is 1. The highest BCUT2D eigenvalue weighted by Crippen LogP contribution is 2.16. The monoisotopic (exact) mass is 362 g/mol. The Bertz CT molecular complexity index is 608. The van der Waals surface area contributed by atoms with Crippen LogP contribution in [0, 0.1) is 0 Å². The van der Waals surface area contributed by atoms with E-state index in [4.69, 9.17) is 9.47 Å². The van der Waals surface area contributed by atoms with Gasteiger partial charge in [-0.15, -0.1) is 0 Å². The minimum Gasteiger partial charge on any atom is -0.450 e. The van der Waals surface area contributed by atoms with Gasteiger partial charge in [-0.2, -0.15) is 0 Å². The van der Waals surface area contributed by atoms with Crippen molar-refractivity contribution < 1.29 is 19.1 Å². The van der Waals surface area contributed by atoms with Gasteiger partial charge in [0.25, 0.3) is 5.91 Å². The lowest BCUT2D eigenvalue weighted by atomic mass is 10.2. The summed E-state index contributed by atoms with van der Waals surface area (Å²) in [6.45, 7) is 6.15. The number of nitrogens with one attached hydrogen (secondary N) is 1. The van der Waals surface area contributed by atoms with Gasteiger partial charge in [0.05, 0.1) is 24.6 Å². The molecule has 0 radical (unpaired) electrons. The Morgan fingerprint density at radius 2 is 2.12 bits per heavy atom. The molecule has 1 atom stereocenters. The lowest BCUT2D eigenvalue weighted by Gasteiger charge is -2.35. The molecular formula is C18H26N4O4. The number of carbonyl (C=O) groups is 2. The third-order valence-corrected chi connectivity index (χ3v) is 4.67. The maximum Gasteiger partial charge on any atom is 0.409 e. The van der Waals surface area contributed by atoms with Crippen molar-refractivity contribution in [2.75, 3.05) is 50.8 Å². The normalized spacial score (nSPS) is 20.1. The summed E-state index contributed by atoms with van der Waals surface area (Å²) in [6.07, 6.45) is 3.61. The number of carbonyl (C=O) groups excluding carboxylic acids is 2. The number of hydrogen-bond donors (Lipinski definition) is 1. The molecule has 3 rings (SSSR count). The van der Waals surface area contributed by atoms with Crippen molar-refractivity contribution >= 4 is 17.7 Å². The van der Waals surface area contributed by atoms with Gasteiger partial charge in [-0.05, 0) is 31.9 Å². The van der Waals surface area contributed by atoms with E-state index in [1.54, 1.807) is 24.1 Å². The molecular weight excluding hydrogens is 336 g/mol. The summed E-state index contributed by atoms with van der Waals surface area (Å²) in [4.78, 5) is 32.0. The van der Waals surface area contributed by atoms with Crippen molar-refractivity contribution in [3.05, 3.63) is 24.0 Å². The molecule has 0 bridgehead atoms. The van der Waals surface area contributed by atoms with E-state index in [2.05, 4.69) is 15.2 Å². The van der Waals surface area contributed by atoms with E-state index in [0.29, 0.717) is 45.0 Å². The summed E-state index contributed by atoms with van der Waals surface area (Å²) in [5.74, 6) is -0.181. The molecule has 1 N–H and O–H groups in total. The maximum absolute atomic E-state index is 12.2. The lowest BCUT2D eigenvalue weighted by Crippen LogP contribution is -2.49. The molecule has 0 aromatic carbocycles. The van der Waals surface area contributed by atoms with Gasteiger partial charge in [0.2, 0.25) is 0 Å². The molecule has 8 heteroatoms. The van der Waals surface area contributed by atoms with Crippen molar-refractivity contribution in [1.29, 1.82) is 0 Å². The molecule has 2 aliphatic rings. The average molecular weight is 362 g/mol. The number of anilines is 1. The van der Waals surface area contributed by atoms with Crippen LogP contribution in [-0.2, 0) is 9.47 Å². The minimum absolute atomic E-state index is 0.119. The fraction of sp³-hybridized carbons (Fsp3) is 0.611. The van der Waals surface area contributed by atoms with Crippen LogP contribution in [0.15, 0.2) is 18.3 Å². The maximum atomic E-state index is 12.2. The van der Waals surface area contributed by atoms with Gasteiger partial charge in [0.1, 0.15) is 5.69 Å². The average Bonchev–Trinajstić information content (AvgIpc) is 3.20. The van der Waals surface area contributed by atoms with Gasteiger partial charge >= 0.3 is 6.09 Å². The predicted octanol–water partition coefficient (Wildman–Crippen LogP) is 1.27. The Morgan fingerprint density at radius 3 is 2.73 bits per heavy atom. The zero-order valence-electron chi connectivity index (χ0n) is 15.1. The fourth-order valence-electron chi connectivity index (χ4n) is 3.17. The first-order valence-corrected chi connectivity index (χ1v) is 9.20. The zero-order valence-corrected chi connectivity index (χ0v) is 15.1. The van der Waals surface area contributed by atoms with Crippen LogP contribution in [0.2, 0.25) is 0 Å². The number of hydrogen-bond acceptors (Lipinski definition) is 6. The standard InChI is InChI=1S/C18H26N4O4/c1-2-25-18(24)22-9-7-21(8-10-22)14-5-6-16(19-12-14)17(23)20-13-15-4-3-11-26-15/h5-6,12,15H,2-4,7-11,13H2,1H3,(H,20,23). The van der Waals surface area contributed by atoms with E-state index in [0.717, 1.165) is 25.1 Å². The second-order valence-corrected chi connectivity index (χ2v) is 6.42. The Kier molecular flexibility index (Phi) is 6.27. The van der Waals surface area contributed by atoms with Crippen LogP contribution in [0.5, 0.6) is 0 Å². The molecule has 26 heavy (non-hydrogen) atoms. The molecule has 2 amide bonds. The summed E-state index contributed by atoms with van der Waals surface area (Å²) < 4.78 is 10.5. The Balaban J connectivity index is 1.48.